The molecule has 3 atom stereocenters. The number of piperidine rings is 1. The van der Waals surface area contributed by atoms with Crippen molar-refractivity contribution in [1.29, 1.82) is 0 Å². The van der Waals surface area contributed by atoms with E-state index in [4.69, 9.17) is 7.48 Å². The van der Waals surface area contributed by atoms with Gasteiger partial charge < -0.3 is 14.2 Å². The van der Waals surface area contributed by atoms with E-state index in [-0.39, 0.29) is 6.04 Å². The second-order valence-corrected chi connectivity index (χ2v) is 7.38. The molecule has 3 aliphatic rings. The molecule has 0 saturated carbocycles. The Morgan fingerprint density at radius 2 is 2.20 bits per heavy atom. The van der Waals surface area contributed by atoms with Crippen LogP contribution in [0, 0.1) is 5.41 Å². The van der Waals surface area contributed by atoms with Crippen LogP contribution in [0.25, 0.3) is 16.6 Å². The number of ether oxygens (including phenoxy) is 1. The zero-order valence-corrected chi connectivity index (χ0v) is 14.9. The minimum absolute atomic E-state index is 0.191. The first kappa shape index (κ1) is 13.2. The number of rotatable bonds is 2. The maximum absolute atomic E-state index is 13.1. The van der Waals surface area contributed by atoms with Crippen LogP contribution in [0.3, 0.4) is 0 Å². The molecule has 1 aromatic carbocycles. The number of aromatic nitrogens is 1. The van der Waals surface area contributed by atoms with Gasteiger partial charge in [-0.15, -0.1) is 0 Å². The molecule has 1 aromatic heterocycles. The molecule has 0 unspecified atom stereocenters. The standard InChI is InChI=1S/C21H24N2O2/c1-4-21-12-13(2)23-16-8-6-5-7-14(16)15-9-10-22(20(21)19(15)23)18(24)11-17(21)25-3/h5-8,12,17,20H,4,9-11H2,1-3H3/t17-,20-,21+/m0/s1/i11D2. The summed E-state index contributed by atoms with van der Waals surface area (Å²) in [4.78, 5) is 14.9. The summed E-state index contributed by atoms with van der Waals surface area (Å²) >= 11 is 0. The number of para-hydroxylation sites is 1. The third-order valence-electron chi connectivity index (χ3n) is 6.38. The SMILES string of the molecule is [2H]C1([2H])C(=O)N2CCc3c4n(c5ccccc35)C(C)=C[C@@](CC)([C@H]42)[C@H]1OC. The minimum Gasteiger partial charge on any atom is -0.380 e. The molecule has 0 bridgehead atoms. The maximum Gasteiger partial charge on any atom is 0.225 e. The van der Waals surface area contributed by atoms with Gasteiger partial charge in [0.25, 0.3) is 0 Å². The first-order valence-electron chi connectivity index (χ1n) is 10.0. The molecular formula is C21H24N2O2. The molecule has 1 amide bonds. The van der Waals surface area contributed by atoms with Crippen molar-refractivity contribution in [3.8, 4) is 0 Å². The Morgan fingerprint density at radius 3 is 2.96 bits per heavy atom. The van der Waals surface area contributed by atoms with E-state index < -0.39 is 23.8 Å². The molecule has 0 spiro atoms. The third-order valence-corrected chi connectivity index (χ3v) is 6.38. The quantitative estimate of drug-likeness (QED) is 0.836. The first-order chi connectivity index (χ1) is 12.9. The predicted molar refractivity (Wildman–Crippen MR) is 98.2 cm³/mol. The molecule has 2 aromatic rings. The van der Waals surface area contributed by atoms with Crippen LogP contribution < -0.4 is 0 Å². The zero-order valence-electron chi connectivity index (χ0n) is 16.9. The maximum atomic E-state index is 13.1. The molecule has 0 N–H and O–H groups in total. The number of hydrogen-bond donors (Lipinski definition) is 0. The predicted octanol–water partition coefficient (Wildman–Crippen LogP) is 3.76. The smallest absolute Gasteiger partial charge is 0.225 e. The van der Waals surface area contributed by atoms with Gasteiger partial charge in [0.15, 0.2) is 0 Å². The average molecular weight is 338 g/mol. The molecule has 25 heavy (non-hydrogen) atoms. The lowest BCUT2D eigenvalue weighted by Crippen LogP contribution is -2.59. The zero-order chi connectivity index (χ0) is 19.1. The van der Waals surface area contributed by atoms with Gasteiger partial charge in [0.2, 0.25) is 5.91 Å². The Morgan fingerprint density at radius 1 is 1.40 bits per heavy atom. The fourth-order valence-electron chi connectivity index (χ4n) is 5.37. The molecule has 1 fully saturated rings. The van der Waals surface area contributed by atoms with Crippen molar-refractivity contribution in [1.82, 2.24) is 9.47 Å². The van der Waals surface area contributed by atoms with E-state index in [9.17, 15) is 4.79 Å². The number of methoxy groups -OCH3 is 1. The van der Waals surface area contributed by atoms with Gasteiger partial charge in [0.1, 0.15) is 0 Å². The molecule has 0 aliphatic carbocycles. The highest BCUT2D eigenvalue weighted by molar-refractivity contribution is 5.91. The van der Waals surface area contributed by atoms with Gasteiger partial charge >= 0.3 is 0 Å². The second kappa shape index (κ2) is 4.98. The molecule has 5 rings (SSSR count). The number of fused-ring (bicyclic) bond motifs is 3. The van der Waals surface area contributed by atoms with Gasteiger partial charge in [-0.05, 0) is 31.4 Å². The highest BCUT2D eigenvalue weighted by atomic mass is 16.5. The summed E-state index contributed by atoms with van der Waals surface area (Å²) in [5, 5.41) is 1.24. The largest absolute Gasteiger partial charge is 0.380 e. The lowest BCUT2D eigenvalue weighted by Gasteiger charge is -2.56. The molecule has 130 valence electrons. The van der Waals surface area contributed by atoms with Crippen LogP contribution in [-0.2, 0) is 16.0 Å². The van der Waals surface area contributed by atoms with Crippen molar-refractivity contribution in [3.63, 3.8) is 0 Å². The first-order valence-corrected chi connectivity index (χ1v) is 9.04. The molecule has 3 aliphatic heterocycles. The van der Waals surface area contributed by atoms with Crippen LogP contribution in [0.5, 0.6) is 0 Å². The summed E-state index contributed by atoms with van der Waals surface area (Å²) in [7, 11) is 1.53. The van der Waals surface area contributed by atoms with Crippen LogP contribution in [0.2, 0.25) is 0 Å². The van der Waals surface area contributed by atoms with Gasteiger partial charge in [-0.25, -0.2) is 0 Å². The van der Waals surface area contributed by atoms with E-state index in [1.807, 2.05) is 6.07 Å². The van der Waals surface area contributed by atoms with Crippen molar-refractivity contribution in [2.75, 3.05) is 13.7 Å². The molecule has 4 nitrogen and oxygen atoms in total. The van der Waals surface area contributed by atoms with E-state index in [2.05, 4.69) is 42.7 Å². The van der Waals surface area contributed by atoms with Crippen LogP contribution in [0.1, 0.15) is 46.7 Å². The van der Waals surface area contributed by atoms with Gasteiger partial charge in [-0.1, -0.05) is 31.2 Å². The Balaban J connectivity index is 1.89. The number of amides is 1. The van der Waals surface area contributed by atoms with Gasteiger partial charge in [-0.2, -0.15) is 0 Å². The Hall–Kier alpha value is -2.07. The van der Waals surface area contributed by atoms with Crippen LogP contribution in [0.15, 0.2) is 30.3 Å². The summed E-state index contributed by atoms with van der Waals surface area (Å²) in [6.07, 6.45) is 0.779. The summed E-state index contributed by atoms with van der Waals surface area (Å²) in [6.45, 7) is 4.71. The van der Waals surface area contributed by atoms with Gasteiger partial charge in [0, 0.05) is 32.9 Å². The van der Waals surface area contributed by atoms with Crippen LogP contribution >= 0.6 is 0 Å². The summed E-state index contributed by atoms with van der Waals surface area (Å²) in [6, 6.07) is 8.21. The lowest BCUT2D eigenvalue weighted by atomic mass is 9.64. The molecule has 4 heterocycles. The fraction of sp³-hybridized carbons (Fsp3) is 0.476. The summed E-state index contributed by atoms with van der Waals surface area (Å²) in [5.74, 6) is -0.446. The van der Waals surface area contributed by atoms with E-state index in [0.717, 1.165) is 23.3 Å². The Bertz CT molecular complexity index is 1010. The number of carbonyl (C=O) groups excluding carboxylic acids is 1. The molecule has 1 saturated heterocycles. The van der Waals surface area contributed by atoms with Crippen molar-refractivity contribution >= 4 is 22.5 Å². The number of hydrogen-bond acceptors (Lipinski definition) is 2. The molecular weight excluding hydrogens is 312 g/mol. The van der Waals surface area contributed by atoms with E-state index in [1.165, 1.54) is 18.1 Å². The second-order valence-electron chi connectivity index (χ2n) is 7.38. The highest BCUT2D eigenvalue weighted by Crippen LogP contribution is 2.57. The number of allylic oxidation sites excluding steroid dienone is 1. The lowest BCUT2D eigenvalue weighted by molar-refractivity contribution is -0.157. The number of benzene rings is 1. The van der Waals surface area contributed by atoms with Crippen LogP contribution in [0.4, 0.5) is 0 Å². The minimum atomic E-state index is -2.04. The fourth-order valence-corrected chi connectivity index (χ4v) is 5.37. The summed E-state index contributed by atoms with van der Waals surface area (Å²) < 4.78 is 25.1. The monoisotopic (exact) mass is 338 g/mol. The summed E-state index contributed by atoms with van der Waals surface area (Å²) in [5.41, 5.74) is 4.12. The van der Waals surface area contributed by atoms with E-state index >= 15 is 0 Å². The Kier molecular flexibility index (Phi) is 2.62. The van der Waals surface area contributed by atoms with Gasteiger partial charge in [-0.3, -0.25) is 4.79 Å². The highest BCUT2D eigenvalue weighted by Gasteiger charge is 2.57. The van der Waals surface area contributed by atoms with Crippen molar-refractivity contribution in [2.45, 2.75) is 45.2 Å². The van der Waals surface area contributed by atoms with E-state index in [1.54, 1.807) is 4.90 Å². The van der Waals surface area contributed by atoms with E-state index in [0.29, 0.717) is 13.0 Å². The average Bonchev–Trinajstić information content (AvgIpc) is 3.00. The number of nitrogens with zero attached hydrogens (tertiary/aromatic N) is 2. The van der Waals surface area contributed by atoms with Crippen molar-refractivity contribution in [3.05, 3.63) is 41.6 Å². The molecule has 0 radical (unpaired) electrons. The van der Waals surface area contributed by atoms with Crippen molar-refractivity contribution in [2.24, 2.45) is 5.41 Å². The van der Waals surface area contributed by atoms with Gasteiger partial charge in [0.05, 0.1) is 29.7 Å². The van der Waals surface area contributed by atoms with Crippen molar-refractivity contribution < 1.29 is 12.3 Å². The number of carbonyl (C=O) groups is 1. The van der Waals surface area contributed by atoms with Crippen LogP contribution in [-0.4, -0.2) is 35.1 Å². The Labute approximate surface area is 150 Å². The topological polar surface area (TPSA) is 34.5 Å². The third kappa shape index (κ3) is 1.68. The molecule has 4 heteroatoms. The normalized spacial score (nSPS) is 33.6.